The standard InChI is InChI=1S/C10H10N2O3/c1-2-15-8-3-4-11-9-6(8)5-7(12-9)10(13)14/h3-5H,2H2,1H3,(H,11,12)(H,13,14). The van der Waals surface area contributed by atoms with Gasteiger partial charge in [0.1, 0.15) is 17.1 Å². The zero-order valence-corrected chi connectivity index (χ0v) is 8.15. The predicted octanol–water partition coefficient (Wildman–Crippen LogP) is 1.66. The first kappa shape index (κ1) is 9.51. The fourth-order valence-corrected chi connectivity index (χ4v) is 1.40. The van der Waals surface area contributed by atoms with E-state index < -0.39 is 5.97 Å². The van der Waals surface area contributed by atoms with Crippen molar-refractivity contribution in [3.63, 3.8) is 0 Å². The van der Waals surface area contributed by atoms with Gasteiger partial charge in [0.25, 0.3) is 0 Å². The summed E-state index contributed by atoms with van der Waals surface area (Å²) in [5.41, 5.74) is 0.642. The summed E-state index contributed by atoms with van der Waals surface area (Å²) in [7, 11) is 0. The van der Waals surface area contributed by atoms with E-state index in [1.807, 2.05) is 6.92 Å². The quantitative estimate of drug-likeness (QED) is 0.800. The molecule has 0 unspecified atom stereocenters. The van der Waals surface area contributed by atoms with Crippen LogP contribution in [0.4, 0.5) is 0 Å². The van der Waals surface area contributed by atoms with Crippen LogP contribution in [-0.4, -0.2) is 27.7 Å². The Morgan fingerprint density at radius 1 is 1.67 bits per heavy atom. The molecule has 2 rings (SSSR count). The third kappa shape index (κ3) is 1.63. The summed E-state index contributed by atoms with van der Waals surface area (Å²) in [6, 6.07) is 3.24. The molecule has 2 aromatic heterocycles. The Morgan fingerprint density at radius 3 is 3.13 bits per heavy atom. The Hall–Kier alpha value is -2.04. The summed E-state index contributed by atoms with van der Waals surface area (Å²) >= 11 is 0. The summed E-state index contributed by atoms with van der Waals surface area (Å²) in [6.45, 7) is 2.41. The van der Waals surface area contributed by atoms with E-state index in [-0.39, 0.29) is 5.69 Å². The van der Waals surface area contributed by atoms with E-state index in [0.717, 1.165) is 0 Å². The number of ether oxygens (including phenoxy) is 1. The molecule has 0 fully saturated rings. The van der Waals surface area contributed by atoms with Crippen LogP contribution in [-0.2, 0) is 0 Å². The molecule has 0 aromatic carbocycles. The van der Waals surface area contributed by atoms with Crippen molar-refractivity contribution in [1.29, 1.82) is 0 Å². The number of carboxylic acid groups (broad SMARTS) is 1. The van der Waals surface area contributed by atoms with Gasteiger partial charge < -0.3 is 14.8 Å². The van der Waals surface area contributed by atoms with Crippen LogP contribution in [0.1, 0.15) is 17.4 Å². The number of rotatable bonds is 3. The number of aromatic amines is 1. The summed E-state index contributed by atoms with van der Waals surface area (Å²) in [6.07, 6.45) is 1.58. The molecule has 0 saturated heterocycles. The van der Waals surface area contributed by atoms with Crippen LogP contribution in [0.25, 0.3) is 11.0 Å². The molecule has 78 valence electrons. The Morgan fingerprint density at radius 2 is 2.47 bits per heavy atom. The number of pyridine rings is 1. The lowest BCUT2D eigenvalue weighted by Crippen LogP contribution is -1.94. The molecule has 0 bridgehead atoms. The van der Waals surface area contributed by atoms with Crippen LogP contribution in [0, 0.1) is 0 Å². The molecule has 0 aliphatic carbocycles. The smallest absolute Gasteiger partial charge is 0.352 e. The second-order valence-corrected chi connectivity index (χ2v) is 2.99. The number of aromatic carboxylic acids is 1. The zero-order chi connectivity index (χ0) is 10.8. The Kier molecular flexibility index (Phi) is 2.29. The summed E-state index contributed by atoms with van der Waals surface area (Å²) in [5, 5.41) is 9.50. The highest BCUT2D eigenvalue weighted by molar-refractivity contribution is 5.94. The Balaban J connectivity index is 2.59. The van der Waals surface area contributed by atoms with Crippen molar-refractivity contribution in [3.8, 4) is 5.75 Å². The van der Waals surface area contributed by atoms with E-state index in [9.17, 15) is 4.79 Å². The zero-order valence-electron chi connectivity index (χ0n) is 8.15. The van der Waals surface area contributed by atoms with Crippen molar-refractivity contribution in [2.24, 2.45) is 0 Å². The summed E-state index contributed by atoms with van der Waals surface area (Å²) in [5.74, 6) is -0.360. The van der Waals surface area contributed by atoms with Crippen LogP contribution in [0.2, 0.25) is 0 Å². The van der Waals surface area contributed by atoms with Gasteiger partial charge >= 0.3 is 5.97 Å². The van der Waals surface area contributed by atoms with Gasteiger partial charge in [-0.3, -0.25) is 0 Å². The van der Waals surface area contributed by atoms with Gasteiger partial charge in [-0.15, -0.1) is 0 Å². The maximum atomic E-state index is 10.7. The average molecular weight is 206 g/mol. The lowest BCUT2D eigenvalue weighted by atomic mass is 10.3. The molecule has 5 heteroatoms. The normalized spacial score (nSPS) is 10.5. The maximum absolute atomic E-state index is 10.7. The first-order valence-corrected chi connectivity index (χ1v) is 4.56. The van der Waals surface area contributed by atoms with Crippen molar-refractivity contribution in [3.05, 3.63) is 24.0 Å². The molecule has 2 N–H and O–H groups in total. The number of aromatic nitrogens is 2. The van der Waals surface area contributed by atoms with Gasteiger partial charge in [-0.2, -0.15) is 0 Å². The van der Waals surface area contributed by atoms with Gasteiger partial charge in [-0.1, -0.05) is 0 Å². The monoisotopic (exact) mass is 206 g/mol. The molecule has 0 radical (unpaired) electrons. The highest BCUT2D eigenvalue weighted by Crippen LogP contribution is 2.24. The van der Waals surface area contributed by atoms with Gasteiger partial charge in [0, 0.05) is 6.20 Å². The molecule has 2 heterocycles. The third-order valence-electron chi connectivity index (χ3n) is 2.02. The molecule has 0 saturated carbocycles. The Labute approximate surface area is 85.7 Å². The van der Waals surface area contributed by atoms with Gasteiger partial charge in [-0.25, -0.2) is 9.78 Å². The van der Waals surface area contributed by atoms with E-state index in [2.05, 4.69) is 9.97 Å². The van der Waals surface area contributed by atoms with Crippen LogP contribution in [0.3, 0.4) is 0 Å². The highest BCUT2D eigenvalue weighted by Gasteiger charge is 2.11. The van der Waals surface area contributed by atoms with Gasteiger partial charge in [-0.05, 0) is 19.1 Å². The molecule has 0 amide bonds. The second-order valence-electron chi connectivity index (χ2n) is 2.99. The number of carbonyl (C=O) groups is 1. The maximum Gasteiger partial charge on any atom is 0.352 e. The lowest BCUT2D eigenvalue weighted by molar-refractivity contribution is 0.0691. The Bertz CT molecular complexity index is 504. The molecule has 0 aliphatic heterocycles. The largest absolute Gasteiger partial charge is 0.493 e. The van der Waals surface area contributed by atoms with Crippen molar-refractivity contribution >= 4 is 17.0 Å². The molecule has 0 spiro atoms. The van der Waals surface area contributed by atoms with Crippen molar-refractivity contribution < 1.29 is 14.6 Å². The number of hydrogen-bond acceptors (Lipinski definition) is 3. The van der Waals surface area contributed by atoms with Gasteiger partial charge in [0.05, 0.1) is 12.0 Å². The average Bonchev–Trinajstić information content (AvgIpc) is 2.63. The van der Waals surface area contributed by atoms with Crippen LogP contribution >= 0.6 is 0 Å². The number of nitrogens with one attached hydrogen (secondary N) is 1. The summed E-state index contributed by atoms with van der Waals surface area (Å²) in [4.78, 5) is 17.5. The number of fused-ring (bicyclic) bond motifs is 1. The predicted molar refractivity (Wildman–Crippen MR) is 54.2 cm³/mol. The van der Waals surface area contributed by atoms with Crippen molar-refractivity contribution in [2.45, 2.75) is 6.92 Å². The van der Waals surface area contributed by atoms with Gasteiger partial charge in [0.15, 0.2) is 0 Å². The first-order chi connectivity index (χ1) is 7.22. The highest BCUT2D eigenvalue weighted by atomic mass is 16.5. The van der Waals surface area contributed by atoms with E-state index in [0.29, 0.717) is 23.4 Å². The number of hydrogen-bond donors (Lipinski definition) is 2. The summed E-state index contributed by atoms with van der Waals surface area (Å²) < 4.78 is 5.36. The SMILES string of the molecule is CCOc1ccnc2[nH]c(C(=O)O)cc12. The molecule has 2 aromatic rings. The third-order valence-corrected chi connectivity index (χ3v) is 2.02. The minimum Gasteiger partial charge on any atom is -0.493 e. The molecule has 0 aliphatic rings. The fraction of sp³-hybridized carbons (Fsp3) is 0.200. The molecule has 15 heavy (non-hydrogen) atoms. The van der Waals surface area contributed by atoms with Crippen molar-refractivity contribution in [2.75, 3.05) is 6.61 Å². The number of nitrogens with zero attached hydrogens (tertiary/aromatic N) is 1. The minimum absolute atomic E-state index is 0.115. The molecule has 0 atom stereocenters. The topological polar surface area (TPSA) is 75.2 Å². The van der Waals surface area contributed by atoms with Gasteiger partial charge in [0.2, 0.25) is 0 Å². The molecular formula is C10H10N2O3. The minimum atomic E-state index is -1.00. The van der Waals surface area contributed by atoms with Crippen LogP contribution < -0.4 is 4.74 Å². The van der Waals surface area contributed by atoms with E-state index in [4.69, 9.17) is 9.84 Å². The fourth-order valence-electron chi connectivity index (χ4n) is 1.40. The number of carboxylic acids is 1. The molecular weight excluding hydrogens is 196 g/mol. The van der Waals surface area contributed by atoms with Crippen LogP contribution in [0.15, 0.2) is 18.3 Å². The van der Waals surface area contributed by atoms with E-state index in [1.54, 1.807) is 12.3 Å². The first-order valence-electron chi connectivity index (χ1n) is 4.56. The number of H-pyrrole nitrogens is 1. The van der Waals surface area contributed by atoms with E-state index in [1.165, 1.54) is 6.07 Å². The van der Waals surface area contributed by atoms with Crippen LogP contribution in [0.5, 0.6) is 5.75 Å². The molecule has 5 nitrogen and oxygen atoms in total. The van der Waals surface area contributed by atoms with Crippen molar-refractivity contribution in [1.82, 2.24) is 9.97 Å². The lowest BCUT2D eigenvalue weighted by Gasteiger charge is -2.02. The van der Waals surface area contributed by atoms with E-state index >= 15 is 0 Å². The second kappa shape index (κ2) is 3.61.